The van der Waals surface area contributed by atoms with Crippen LogP contribution in [0.25, 0.3) is 0 Å². The average molecular weight is 304 g/mol. The van der Waals surface area contributed by atoms with Crippen molar-refractivity contribution in [3.05, 3.63) is 58.6 Å². The third-order valence-corrected chi connectivity index (χ3v) is 3.69. The quantitative estimate of drug-likeness (QED) is 0.829. The van der Waals surface area contributed by atoms with Gasteiger partial charge in [-0.15, -0.1) is 0 Å². The Hall–Kier alpha value is -1.51. The third-order valence-electron chi connectivity index (χ3n) is 3.34. The van der Waals surface area contributed by atoms with Crippen molar-refractivity contribution in [2.75, 3.05) is 0 Å². The van der Waals surface area contributed by atoms with Crippen LogP contribution in [0, 0.1) is 0 Å². The molecule has 2 aromatic carbocycles. The van der Waals surface area contributed by atoms with E-state index < -0.39 is 0 Å². The standard InChI is InChI=1S/C18H22ClNO/c1-12(2)16-6-4-5-7-18(16)21-15-9-8-14(10-13(3)20)17(19)11-15/h4-9,11-13H,10,20H2,1-3H3. The molecule has 0 heterocycles. The van der Waals surface area contributed by atoms with Crippen molar-refractivity contribution in [2.24, 2.45) is 5.73 Å². The second-order valence-corrected chi connectivity index (χ2v) is 6.14. The lowest BCUT2D eigenvalue weighted by atomic mass is 10.0. The highest BCUT2D eigenvalue weighted by atomic mass is 35.5. The van der Waals surface area contributed by atoms with Gasteiger partial charge in [-0.25, -0.2) is 0 Å². The van der Waals surface area contributed by atoms with Crippen molar-refractivity contribution < 1.29 is 4.74 Å². The van der Waals surface area contributed by atoms with Crippen LogP contribution in [0.1, 0.15) is 37.8 Å². The molecular weight excluding hydrogens is 282 g/mol. The van der Waals surface area contributed by atoms with Crippen molar-refractivity contribution >= 4 is 11.6 Å². The maximum absolute atomic E-state index is 6.31. The fourth-order valence-corrected chi connectivity index (χ4v) is 2.53. The summed E-state index contributed by atoms with van der Waals surface area (Å²) in [5.41, 5.74) is 8.06. The zero-order valence-electron chi connectivity index (χ0n) is 12.8. The van der Waals surface area contributed by atoms with Crippen LogP contribution in [-0.4, -0.2) is 6.04 Å². The molecule has 0 spiro atoms. The molecule has 0 aliphatic heterocycles. The van der Waals surface area contributed by atoms with Crippen molar-refractivity contribution in [2.45, 2.75) is 39.2 Å². The first-order valence-corrected chi connectivity index (χ1v) is 7.66. The predicted molar refractivity (Wildman–Crippen MR) is 89.4 cm³/mol. The normalized spacial score (nSPS) is 12.5. The van der Waals surface area contributed by atoms with E-state index in [0.29, 0.717) is 10.9 Å². The Morgan fingerprint density at radius 3 is 2.43 bits per heavy atom. The molecule has 3 heteroatoms. The lowest BCUT2D eigenvalue weighted by molar-refractivity contribution is 0.473. The first-order chi connectivity index (χ1) is 9.97. The van der Waals surface area contributed by atoms with E-state index in [-0.39, 0.29) is 6.04 Å². The van der Waals surface area contributed by atoms with E-state index in [1.54, 1.807) is 0 Å². The maximum Gasteiger partial charge on any atom is 0.130 e. The second kappa shape index (κ2) is 6.97. The van der Waals surface area contributed by atoms with Gasteiger partial charge in [0.1, 0.15) is 11.5 Å². The van der Waals surface area contributed by atoms with E-state index in [1.807, 2.05) is 43.3 Å². The minimum absolute atomic E-state index is 0.0935. The molecule has 0 saturated heterocycles. The Bertz CT molecular complexity index is 608. The van der Waals surface area contributed by atoms with Crippen molar-refractivity contribution in [1.29, 1.82) is 0 Å². The summed E-state index contributed by atoms with van der Waals surface area (Å²) < 4.78 is 6.00. The Morgan fingerprint density at radius 2 is 1.81 bits per heavy atom. The zero-order chi connectivity index (χ0) is 15.4. The molecule has 0 aliphatic rings. The molecule has 21 heavy (non-hydrogen) atoms. The second-order valence-electron chi connectivity index (χ2n) is 5.73. The van der Waals surface area contributed by atoms with Crippen LogP contribution in [0.5, 0.6) is 11.5 Å². The number of para-hydroxylation sites is 1. The monoisotopic (exact) mass is 303 g/mol. The van der Waals surface area contributed by atoms with E-state index >= 15 is 0 Å². The first kappa shape index (κ1) is 15.9. The molecule has 0 aliphatic carbocycles. The van der Waals surface area contributed by atoms with E-state index in [1.165, 1.54) is 5.56 Å². The summed E-state index contributed by atoms with van der Waals surface area (Å²) in [7, 11) is 0. The SMILES string of the molecule is CC(N)Cc1ccc(Oc2ccccc2C(C)C)cc1Cl. The van der Waals surface area contributed by atoms with Gasteiger partial charge in [0, 0.05) is 11.1 Å². The zero-order valence-corrected chi connectivity index (χ0v) is 13.5. The molecule has 2 nitrogen and oxygen atoms in total. The highest BCUT2D eigenvalue weighted by Crippen LogP contribution is 2.32. The Kier molecular flexibility index (Phi) is 5.27. The van der Waals surface area contributed by atoms with E-state index in [4.69, 9.17) is 22.1 Å². The summed E-state index contributed by atoms with van der Waals surface area (Å²) in [6, 6.07) is 14.0. The van der Waals surface area contributed by atoms with Crippen LogP contribution in [0.4, 0.5) is 0 Å². The van der Waals surface area contributed by atoms with Gasteiger partial charge in [0.2, 0.25) is 0 Å². The lowest BCUT2D eigenvalue weighted by Gasteiger charge is -2.14. The van der Waals surface area contributed by atoms with E-state index in [2.05, 4.69) is 19.9 Å². The molecule has 0 saturated carbocycles. The topological polar surface area (TPSA) is 35.2 Å². The minimum Gasteiger partial charge on any atom is -0.457 e. The minimum atomic E-state index is 0.0935. The summed E-state index contributed by atoms with van der Waals surface area (Å²) in [6.45, 7) is 6.28. The van der Waals surface area contributed by atoms with Gasteiger partial charge in [-0.05, 0) is 48.6 Å². The molecule has 0 amide bonds. The van der Waals surface area contributed by atoms with Crippen LogP contribution in [0.15, 0.2) is 42.5 Å². The smallest absolute Gasteiger partial charge is 0.130 e. The summed E-state index contributed by atoms with van der Waals surface area (Å²) in [6.07, 6.45) is 0.766. The highest BCUT2D eigenvalue weighted by molar-refractivity contribution is 6.31. The average Bonchev–Trinajstić information content (AvgIpc) is 2.42. The lowest BCUT2D eigenvalue weighted by Crippen LogP contribution is -2.17. The van der Waals surface area contributed by atoms with Crippen LogP contribution in [0.2, 0.25) is 5.02 Å². The number of rotatable bonds is 5. The van der Waals surface area contributed by atoms with Crippen LogP contribution < -0.4 is 10.5 Å². The molecule has 2 rings (SSSR count). The van der Waals surface area contributed by atoms with Gasteiger partial charge in [-0.3, -0.25) is 0 Å². The van der Waals surface area contributed by atoms with Gasteiger partial charge in [-0.2, -0.15) is 0 Å². The fraction of sp³-hybridized carbons (Fsp3) is 0.333. The molecule has 0 radical (unpaired) electrons. The predicted octanol–water partition coefficient (Wildman–Crippen LogP) is 5.15. The fourth-order valence-electron chi connectivity index (χ4n) is 2.28. The largest absolute Gasteiger partial charge is 0.457 e. The molecule has 0 bridgehead atoms. The molecule has 0 fully saturated rings. The number of benzene rings is 2. The van der Waals surface area contributed by atoms with Gasteiger partial charge in [0.15, 0.2) is 0 Å². The number of hydrogen-bond acceptors (Lipinski definition) is 2. The van der Waals surface area contributed by atoms with Crippen LogP contribution in [0.3, 0.4) is 0 Å². The third kappa shape index (κ3) is 4.23. The van der Waals surface area contributed by atoms with Crippen molar-refractivity contribution in [1.82, 2.24) is 0 Å². The maximum atomic E-state index is 6.31. The molecular formula is C18H22ClNO. The van der Waals surface area contributed by atoms with Gasteiger partial charge < -0.3 is 10.5 Å². The summed E-state index contributed by atoms with van der Waals surface area (Å²) in [5, 5.41) is 0.701. The van der Waals surface area contributed by atoms with E-state index in [9.17, 15) is 0 Å². The first-order valence-electron chi connectivity index (χ1n) is 7.28. The number of ether oxygens (including phenoxy) is 1. The molecule has 2 aromatic rings. The number of nitrogens with two attached hydrogens (primary N) is 1. The van der Waals surface area contributed by atoms with E-state index in [0.717, 1.165) is 23.5 Å². The summed E-state index contributed by atoms with van der Waals surface area (Å²) in [4.78, 5) is 0. The van der Waals surface area contributed by atoms with Gasteiger partial charge >= 0.3 is 0 Å². The molecule has 1 unspecified atom stereocenters. The van der Waals surface area contributed by atoms with Gasteiger partial charge in [0.05, 0.1) is 0 Å². The van der Waals surface area contributed by atoms with Gasteiger partial charge in [0.25, 0.3) is 0 Å². The summed E-state index contributed by atoms with van der Waals surface area (Å²) in [5.74, 6) is 2.04. The number of hydrogen-bond donors (Lipinski definition) is 1. The highest BCUT2D eigenvalue weighted by Gasteiger charge is 2.10. The summed E-state index contributed by atoms with van der Waals surface area (Å²) >= 11 is 6.31. The molecule has 1 atom stereocenters. The molecule has 2 N–H and O–H groups in total. The Labute approximate surface area is 131 Å². The molecule has 112 valence electrons. The number of halogens is 1. The van der Waals surface area contributed by atoms with Crippen LogP contribution in [-0.2, 0) is 6.42 Å². The molecule has 0 aromatic heterocycles. The van der Waals surface area contributed by atoms with Gasteiger partial charge in [-0.1, -0.05) is 49.7 Å². The Balaban J connectivity index is 2.23. The van der Waals surface area contributed by atoms with Crippen LogP contribution >= 0.6 is 11.6 Å². The van der Waals surface area contributed by atoms with Crippen molar-refractivity contribution in [3.8, 4) is 11.5 Å². The Morgan fingerprint density at radius 1 is 1.10 bits per heavy atom. The van der Waals surface area contributed by atoms with Crippen molar-refractivity contribution in [3.63, 3.8) is 0 Å².